The number of aromatic nitrogens is 4. The molecule has 2 atom stereocenters. The lowest BCUT2D eigenvalue weighted by Crippen LogP contribution is -2.33. The van der Waals surface area contributed by atoms with Crippen LogP contribution >= 0.6 is 0 Å². The van der Waals surface area contributed by atoms with Gasteiger partial charge in [0.2, 0.25) is 11.8 Å². The minimum absolute atomic E-state index is 0.0216. The normalized spacial score (nSPS) is 15.7. The summed E-state index contributed by atoms with van der Waals surface area (Å²) in [5.74, 6) is 0.250. The molecule has 10 nitrogen and oxygen atoms in total. The van der Waals surface area contributed by atoms with Crippen molar-refractivity contribution in [2.75, 3.05) is 61.4 Å². The molecule has 8 bridgehead atoms. The Morgan fingerprint density at radius 3 is 2.13 bits per heavy atom. The molecule has 0 fully saturated rings. The molecule has 53 heavy (non-hydrogen) atoms. The lowest BCUT2D eigenvalue weighted by atomic mass is 9.87. The first-order chi connectivity index (χ1) is 25.2. The highest BCUT2D eigenvalue weighted by molar-refractivity contribution is 5.97. The van der Waals surface area contributed by atoms with Gasteiger partial charge in [-0.1, -0.05) is 32.2 Å². The van der Waals surface area contributed by atoms with Crippen LogP contribution in [0.15, 0.2) is 43.5 Å². The molecule has 0 saturated carbocycles. The highest BCUT2D eigenvalue weighted by atomic mass is 16.2. The Bertz CT molecular complexity index is 2080. The van der Waals surface area contributed by atoms with Crippen LogP contribution in [-0.2, 0) is 16.0 Å². The van der Waals surface area contributed by atoms with Crippen LogP contribution in [0, 0.1) is 13.8 Å². The predicted octanol–water partition coefficient (Wildman–Crippen LogP) is 6.99. The highest BCUT2D eigenvalue weighted by Crippen LogP contribution is 2.41. The van der Waals surface area contributed by atoms with Gasteiger partial charge in [-0.05, 0) is 108 Å². The standard InChI is InChI=1S/C43H58N8O2/c1-12-30-26(3)34-22-35-28(5)32(14-16-42(52)44-18-19-49(7)8)40(47-35)25-41-33(15-17-43(53)51(11)21-20-50(9)10)29(6)37(48-41)24-39-31(13-2)27(4)36(46-39)23-38(30)45-34/h12-13,22-25,28,32,45,48H,1-2,14-21H2,3-11H3,(H,44,52). The maximum Gasteiger partial charge on any atom is 0.222 e. The number of hydrogen-bond donors (Lipinski definition) is 3. The zero-order valence-corrected chi connectivity index (χ0v) is 33.2. The molecule has 0 spiro atoms. The van der Waals surface area contributed by atoms with Gasteiger partial charge >= 0.3 is 0 Å². The SMILES string of the molecule is C=CC1=C(C)c2cc3[nH]c(cc4nc(cc5[nH]c(cc1n2)c(C)c5CCC(=O)N(C)CCN(C)C)C(CCC(=O)NCCN(C)C)C4C)c(C)c3C=C. The van der Waals surface area contributed by atoms with E-state index in [4.69, 9.17) is 9.97 Å². The Morgan fingerprint density at radius 1 is 0.792 bits per heavy atom. The molecular formula is C43H58N8O2. The average molecular weight is 719 g/mol. The molecule has 3 aromatic rings. The van der Waals surface area contributed by atoms with E-state index < -0.39 is 0 Å². The zero-order chi connectivity index (χ0) is 38.6. The number of nitrogens with zero attached hydrogens (tertiary/aromatic N) is 5. The van der Waals surface area contributed by atoms with Crippen LogP contribution < -0.4 is 5.32 Å². The molecule has 2 unspecified atom stereocenters. The van der Waals surface area contributed by atoms with Crippen molar-refractivity contribution in [3.8, 4) is 0 Å². The summed E-state index contributed by atoms with van der Waals surface area (Å²) in [4.78, 5) is 50.0. The average Bonchev–Trinajstić information content (AvgIpc) is 3.77. The van der Waals surface area contributed by atoms with Gasteiger partial charge in [0.25, 0.3) is 0 Å². The van der Waals surface area contributed by atoms with Crippen molar-refractivity contribution >= 4 is 51.1 Å². The Labute approximate surface area is 315 Å². The second-order valence-electron chi connectivity index (χ2n) is 15.1. The lowest BCUT2D eigenvalue weighted by molar-refractivity contribution is -0.130. The topological polar surface area (TPSA) is 113 Å². The van der Waals surface area contributed by atoms with E-state index in [-0.39, 0.29) is 23.7 Å². The number of allylic oxidation sites excluding steroid dienone is 3. The third-order valence-electron chi connectivity index (χ3n) is 10.8. The Hall–Kier alpha value is -4.80. The van der Waals surface area contributed by atoms with Gasteiger partial charge in [-0.15, -0.1) is 0 Å². The number of rotatable bonds is 14. The number of aryl methyl sites for hydroxylation is 3. The predicted molar refractivity (Wildman–Crippen MR) is 220 cm³/mol. The second-order valence-corrected chi connectivity index (χ2v) is 15.1. The van der Waals surface area contributed by atoms with Crippen LogP contribution in [0.25, 0.3) is 39.3 Å². The van der Waals surface area contributed by atoms with Crippen molar-refractivity contribution in [2.24, 2.45) is 0 Å². The van der Waals surface area contributed by atoms with Gasteiger partial charge < -0.3 is 30.0 Å². The van der Waals surface area contributed by atoms with E-state index in [1.165, 1.54) is 0 Å². The van der Waals surface area contributed by atoms with Crippen molar-refractivity contribution in [1.29, 1.82) is 0 Å². The first-order valence-electron chi connectivity index (χ1n) is 18.7. The number of aromatic amines is 2. The maximum atomic E-state index is 13.3. The number of H-pyrrole nitrogens is 2. The molecule has 2 amide bonds. The van der Waals surface area contributed by atoms with E-state index in [1.54, 1.807) is 0 Å². The van der Waals surface area contributed by atoms with Gasteiger partial charge in [0, 0.05) is 102 Å². The zero-order valence-electron chi connectivity index (χ0n) is 33.2. The molecule has 5 heterocycles. The van der Waals surface area contributed by atoms with Crippen molar-refractivity contribution in [2.45, 2.75) is 65.2 Å². The molecule has 2 aliphatic heterocycles. The molecule has 0 aliphatic carbocycles. The van der Waals surface area contributed by atoms with Crippen LogP contribution in [0.2, 0.25) is 0 Å². The molecule has 5 rings (SSSR count). The number of fused-ring (bicyclic) bond motifs is 8. The highest BCUT2D eigenvalue weighted by Gasteiger charge is 2.30. The van der Waals surface area contributed by atoms with Crippen LogP contribution in [0.4, 0.5) is 0 Å². The Morgan fingerprint density at radius 2 is 1.45 bits per heavy atom. The summed E-state index contributed by atoms with van der Waals surface area (Å²) in [6, 6.07) is 8.48. The summed E-state index contributed by atoms with van der Waals surface area (Å²) < 4.78 is 0. The minimum Gasteiger partial charge on any atom is -0.355 e. The summed E-state index contributed by atoms with van der Waals surface area (Å²) in [5.41, 5.74) is 13.6. The van der Waals surface area contributed by atoms with Crippen LogP contribution in [0.3, 0.4) is 0 Å². The Kier molecular flexibility index (Phi) is 12.6. The summed E-state index contributed by atoms with van der Waals surface area (Å²) in [5, 5.41) is 3.08. The van der Waals surface area contributed by atoms with E-state index >= 15 is 0 Å². The van der Waals surface area contributed by atoms with E-state index in [2.05, 4.69) is 90.2 Å². The fourth-order valence-corrected chi connectivity index (χ4v) is 7.31. The number of carbonyl (C=O) groups excluding carboxylic acids is 2. The van der Waals surface area contributed by atoms with Crippen molar-refractivity contribution in [3.63, 3.8) is 0 Å². The number of nitrogens with one attached hydrogen (secondary N) is 3. The lowest BCUT2D eigenvalue weighted by Gasteiger charge is -2.19. The quantitative estimate of drug-likeness (QED) is 0.166. The first-order valence-corrected chi connectivity index (χ1v) is 18.7. The Balaban J connectivity index is 1.70. The van der Waals surface area contributed by atoms with E-state index in [0.29, 0.717) is 38.8 Å². The number of likely N-dealkylation sites (N-methyl/N-ethyl adjacent to an activating group) is 3. The fourth-order valence-electron chi connectivity index (χ4n) is 7.31. The van der Waals surface area contributed by atoms with Crippen molar-refractivity contribution in [1.82, 2.24) is 40.0 Å². The molecule has 0 radical (unpaired) electrons. The molecule has 3 aromatic heterocycles. The molecule has 0 saturated heterocycles. The van der Waals surface area contributed by atoms with Gasteiger partial charge in [0.15, 0.2) is 0 Å². The fraction of sp³-hybridized carbons (Fsp3) is 0.442. The van der Waals surface area contributed by atoms with Gasteiger partial charge in [0.1, 0.15) is 0 Å². The summed E-state index contributed by atoms with van der Waals surface area (Å²) in [7, 11) is 9.91. The van der Waals surface area contributed by atoms with Crippen LogP contribution in [-0.4, -0.2) is 108 Å². The first kappa shape index (κ1) is 39.4. The van der Waals surface area contributed by atoms with Crippen molar-refractivity contribution < 1.29 is 9.59 Å². The number of hydrogen-bond acceptors (Lipinski definition) is 6. The van der Waals surface area contributed by atoms with Gasteiger partial charge in [0.05, 0.1) is 11.4 Å². The van der Waals surface area contributed by atoms with Gasteiger partial charge in [-0.3, -0.25) is 14.6 Å². The van der Waals surface area contributed by atoms with Crippen molar-refractivity contribution in [3.05, 3.63) is 88.5 Å². The largest absolute Gasteiger partial charge is 0.355 e. The maximum absolute atomic E-state index is 13.3. The molecule has 3 N–H and O–H groups in total. The number of amides is 2. The van der Waals surface area contributed by atoms with Gasteiger partial charge in [-0.25, -0.2) is 4.98 Å². The second kappa shape index (κ2) is 16.9. The molecule has 0 aromatic carbocycles. The molecule has 2 aliphatic rings. The van der Waals surface area contributed by atoms with Gasteiger partial charge in [-0.2, -0.15) is 0 Å². The minimum atomic E-state index is 0.0216. The van der Waals surface area contributed by atoms with Crippen LogP contribution in [0.5, 0.6) is 0 Å². The van der Waals surface area contributed by atoms with Crippen LogP contribution in [0.1, 0.15) is 90.0 Å². The molecule has 10 heteroatoms. The summed E-state index contributed by atoms with van der Waals surface area (Å²) in [6.07, 6.45) is 5.79. The third-order valence-corrected chi connectivity index (χ3v) is 10.8. The number of carbonyl (C=O) groups is 2. The third kappa shape index (κ3) is 8.88. The monoisotopic (exact) mass is 718 g/mol. The van der Waals surface area contributed by atoms with E-state index in [0.717, 1.165) is 91.3 Å². The molecule has 282 valence electrons. The summed E-state index contributed by atoms with van der Waals surface area (Å²) in [6.45, 7) is 19.6. The molecular weight excluding hydrogens is 661 g/mol. The van der Waals surface area contributed by atoms with E-state index in [9.17, 15) is 9.59 Å². The van der Waals surface area contributed by atoms with E-state index in [1.807, 2.05) is 52.3 Å². The smallest absolute Gasteiger partial charge is 0.222 e. The summed E-state index contributed by atoms with van der Waals surface area (Å²) >= 11 is 0.